The van der Waals surface area contributed by atoms with Crippen LogP contribution < -0.4 is 15.2 Å². The van der Waals surface area contributed by atoms with Gasteiger partial charge in [0.25, 0.3) is 0 Å². The molecule has 2 rings (SSSR count). The third-order valence-electron chi connectivity index (χ3n) is 2.01. The fraction of sp³-hybridized carbons (Fsp3) is 0.300. The first-order valence-corrected chi connectivity index (χ1v) is 4.35. The molecule has 0 radical (unpaired) electrons. The molecule has 0 saturated carbocycles. The number of hydrogen-bond donors (Lipinski definition) is 1. The SMILES string of the molecule is N#CCC1COc2ccc(N)cc2O1. The molecule has 4 nitrogen and oxygen atoms in total. The average Bonchev–Trinajstić information content (AvgIpc) is 2.17. The predicted molar refractivity (Wildman–Crippen MR) is 51.0 cm³/mol. The van der Waals surface area contributed by atoms with Gasteiger partial charge in [0.2, 0.25) is 0 Å². The summed E-state index contributed by atoms with van der Waals surface area (Å²) in [7, 11) is 0. The van der Waals surface area contributed by atoms with Crippen LogP contribution in [0.4, 0.5) is 5.69 Å². The van der Waals surface area contributed by atoms with Crippen LogP contribution in [0.2, 0.25) is 0 Å². The van der Waals surface area contributed by atoms with Gasteiger partial charge < -0.3 is 15.2 Å². The smallest absolute Gasteiger partial charge is 0.163 e. The van der Waals surface area contributed by atoms with Crippen molar-refractivity contribution in [3.8, 4) is 17.6 Å². The maximum atomic E-state index is 8.51. The van der Waals surface area contributed by atoms with E-state index in [1.165, 1.54) is 0 Å². The van der Waals surface area contributed by atoms with E-state index >= 15 is 0 Å². The van der Waals surface area contributed by atoms with Crippen molar-refractivity contribution < 1.29 is 9.47 Å². The van der Waals surface area contributed by atoms with Crippen LogP contribution >= 0.6 is 0 Å². The predicted octanol–water partition coefficient (Wildman–Crippen LogP) is 1.32. The Kier molecular flexibility index (Phi) is 2.15. The Balaban J connectivity index is 2.21. The zero-order valence-electron chi connectivity index (χ0n) is 7.56. The molecule has 0 amide bonds. The van der Waals surface area contributed by atoms with E-state index in [1.54, 1.807) is 18.2 Å². The highest BCUT2D eigenvalue weighted by Gasteiger charge is 2.20. The van der Waals surface area contributed by atoms with Gasteiger partial charge in [-0.15, -0.1) is 0 Å². The van der Waals surface area contributed by atoms with Crippen molar-refractivity contribution in [1.29, 1.82) is 5.26 Å². The number of hydrogen-bond acceptors (Lipinski definition) is 4. The van der Waals surface area contributed by atoms with Crippen LogP contribution in [-0.4, -0.2) is 12.7 Å². The minimum atomic E-state index is -0.186. The van der Waals surface area contributed by atoms with E-state index < -0.39 is 0 Å². The Bertz CT molecular complexity index is 384. The molecular weight excluding hydrogens is 180 g/mol. The number of anilines is 1. The second kappa shape index (κ2) is 3.46. The molecule has 1 aliphatic rings. The van der Waals surface area contributed by atoms with E-state index in [0.717, 1.165) is 0 Å². The van der Waals surface area contributed by atoms with Crippen molar-refractivity contribution in [2.45, 2.75) is 12.5 Å². The molecule has 14 heavy (non-hydrogen) atoms. The molecule has 1 aromatic rings. The third kappa shape index (κ3) is 1.57. The standard InChI is InChI=1S/C10H10N2O2/c11-4-3-8-6-13-9-2-1-7(12)5-10(9)14-8/h1-2,5,8H,3,6,12H2. The molecule has 0 saturated heterocycles. The summed E-state index contributed by atoms with van der Waals surface area (Å²) >= 11 is 0. The topological polar surface area (TPSA) is 68.3 Å². The second-order valence-corrected chi connectivity index (χ2v) is 3.12. The number of nitrogens with zero attached hydrogens (tertiary/aromatic N) is 1. The summed E-state index contributed by atoms with van der Waals surface area (Å²) in [5.41, 5.74) is 6.23. The molecule has 2 N–H and O–H groups in total. The van der Waals surface area contributed by atoms with E-state index in [0.29, 0.717) is 30.2 Å². The normalized spacial score (nSPS) is 18.6. The summed E-state index contributed by atoms with van der Waals surface area (Å²) in [6, 6.07) is 7.28. The molecule has 1 atom stereocenters. The van der Waals surface area contributed by atoms with Crippen molar-refractivity contribution in [3.63, 3.8) is 0 Å². The quantitative estimate of drug-likeness (QED) is 0.678. The lowest BCUT2D eigenvalue weighted by Crippen LogP contribution is -2.28. The largest absolute Gasteiger partial charge is 0.486 e. The van der Waals surface area contributed by atoms with E-state index in [-0.39, 0.29) is 6.10 Å². The zero-order chi connectivity index (χ0) is 9.97. The average molecular weight is 190 g/mol. The number of nitriles is 1. The molecule has 1 unspecified atom stereocenters. The molecule has 1 aliphatic heterocycles. The van der Waals surface area contributed by atoms with Gasteiger partial charge in [0.1, 0.15) is 12.7 Å². The van der Waals surface area contributed by atoms with Crippen molar-refractivity contribution in [2.75, 3.05) is 12.3 Å². The van der Waals surface area contributed by atoms with Gasteiger partial charge in [-0.05, 0) is 12.1 Å². The first-order chi connectivity index (χ1) is 6.79. The van der Waals surface area contributed by atoms with Crippen molar-refractivity contribution >= 4 is 5.69 Å². The number of nitrogen functional groups attached to an aromatic ring is 1. The van der Waals surface area contributed by atoms with Gasteiger partial charge in [-0.25, -0.2) is 0 Å². The van der Waals surface area contributed by atoms with Gasteiger partial charge in [-0.1, -0.05) is 0 Å². The number of nitrogens with two attached hydrogens (primary N) is 1. The van der Waals surface area contributed by atoms with Crippen LogP contribution in [0.1, 0.15) is 6.42 Å². The Morgan fingerprint density at radius 3 is 3.14 bits per heavy atom. The maximum absolute atomic E-state index is 8.51. The maximum Gasteiger partial charge on any atom is 0.163 e. The van der Waals surface area contributed by atoms with E-state index in [2.05, 4.69) is 0 Å². The van der Waals surface area contributed by atoms with Crippen LogP contribution in [0.5, 0.6) is 11.5 Å². The van der Waals surface area contributed by atoms with Gasteiger partial charge in [0, 0.05) is 11.8 Å². The highest BCUT2D eigenvalue weighted by Crippen LogP contribution is 2.33. The first kappa shape index (κ1) is 8.70. The fourth-order valence-electron chi connectivity index (χ4n) is 1.33. The number of ether oxygens (including phenoxy) is 2. The minimum absolute atomic E-state index is 0.186. The first-order valence-electron chi connectivity index (χ1n) is 4.35. The number of rotatable bonds is 1. The Hall–Kier alpha value is -1.89. The Labute approximate surface area is 81.8 Å². The van der Waals surface area contributed by atoms with Gasteiger partial charge in [0.15, 0.2) is 11.5 Å². The highest BCUT2D eigenvalue weighted by molar-refractivity contribution is 5.52. The molecular formula is C10H10N2O2. The summed E-state index contributed by atoms with van der Waals surface area (Å²) in [4.78, 5) is 0. The zero-order valence-corrected chi connectivity index (χ0v) is 7.56. The van der Waals surface area contributed by atoms with E-state index in [9.17, 15) is 0 Å². The molecule has 0 aromatic heterocycles. The summed E-state index contributed by atoms with van der Waals surface area (Å²) < 4.78 is 10.9. The van der Waals surface area contributed by atoms with Crippen LogP contribution in [0, 0.1) is 11.3 Å². The Morgan fingerprint density at radius 1 is 1.50 bits per heavy atom. The van der Waals surface area contributed by atoms with Crippen molar-refractivity contribution in [3.05, 3.63) is 18.2 Å². The lowest BCUT2D eigenvalue weighted by Gasteiger charge is -2.24. The molecule has 0 spiro atoms. The van der Waals surface area contributed by atoms with Crippen LogP contribution in [0.25, 0.3) is 0 Å². The lowest BCUT2D eigenvalue weighted by molar-refractivity contribution is 0.0944. The van der Waals surface area contributed by atoms with Gasteiger partial charge in [0.05, 0.1) is 12.5 Å². The van der Waals surface area contributed by atoms with Crippen molar-refractivity contribution in [1.82, 2.24) is 0 Å². The molecule has 0 bridgehead atoms. The number of fused-ring (bicyclic) bond motifs is 1. The molecule has 1 aromatic carbocycles. The van der Waals surface area contributed by atoms with E-state index in [4.69, 9.17) is 20.5 Å². The summed E-state index contributed by atoms with van der Waals surface area (Å²) in [6.45, 7) is 0.421. The molecule has 72 valence electrons. The Morgan fingerprint density at radius 2 is 2.36 bits per heavy atom. The fourth-order valence-corrected chi connectivity index (χ4v) is 1.33. The monoisotopic (exact) mass is 190 g/mol. The lowest BCUT2D eigenvalue weighted by atomic mass is 10.2. The minimum Gasteiger partial charge on any atom is -0.486 e. The van der Waals surface area contributed by atoms with Gasteiger partial charge in [-0.2, -0.15) is 5.26 Å². The molecule has 0 aliphatic carbocycles. The van der Waals surface area contributed by atoms with Crippen LogP contribution in [-0.2, 0) is 0 Å². The number of benzene rings is 1. The third-order valence-corrected chi connectivity index (χ3v) is 2.01. The molecule has 4 heteroatoms. The molecule has 1 heterocycles. The van der Waals surface area contributed by atoms with Gasteiger partial charge in [-0.3, -0.25) is 0 Å². The highest BCUT2D eigenvalue weighted by atomic mass is 16.6. The van der Waals surface area contributed by atoms with Crippen LogP contribution in [0.15, 0.2) is 18.2 Å². The second-order valence-electron chi connectivity index (χ2n) is 3.12. The van der Waals surface area contributed by atoms with Gasteiger partial charge >= 0.3 is 0 Å². The van der Waals surface area contributed by atoms with E-state index in [1.807, 2.05) is 6.07 Å². The summed E-state index contributed by atoms with van der Waals surface area (Å²) in [5.74, 6) is 1.31. The van der Waals surface area contributed by atoms with Crippen LogP contribution in [0.3, 0.4) is 0 Å². The summed E-state index contributed by atoms with van der Waals surface area (Å²) in [5, 5.41) is 8.51. The summed E-state index contributed by atoms with van der Waals surface area (Å²) in [6.07, 6.45) is 0.142. The van der Waals surface area contributed by atoms with Crippen molar-refractivity contribution in [2.24, 2.45) is 0 Å². The molecule has 0 fully saturated rings.